The SMILES string of the molecule is COc1cc(Br)ccc1C(O)Cc1ccc(F)cc1. The molecule has 100 valence electrons. The van der Waals surface area contributed by atoms with E-state index in [1.54, 1.807) is 19.2 Å². The van der Waals surface area contributed by atoms with Gasteiger partial charge in [-0.1, -0.05) is 34.1 Å². The summed E-state index contributed by atoms with van der Waals surface area (Å²) < 4.78 is 19.0. The zero-order valence-corrected chi connectivity index (χ0v) is 12.0. The lowest BCUT2D eigenvalue weighted by Gasteiger charge is -2.15. The Hall–Kier alpha value is -1.39. The Bertz CT molecular complexity index is 555. The number of hydrogen-bond donors (Lipinski definition) is 1. The first-order valence-electron chi connectivity index (χ1n) is 5.86. The third kappa shape index (κ3) is 3.55. The minimum atomic E-state index is -0.687. The van der Waals surface area contributed by atoms with Gasteiger partial charge < -0.3 is 9.84 Å². The van der Waals surface area contributed by atoms with Gasteiger partial charge in [-0.3, -0.25) is 0 Å². The molecule has 0 aliphatic heterocycles. The summed E-state index contributed by atoms with van der Waals surface area (Å²) in [6.07, 6.45) is -0.272. The van der Waals surface area contributed by atoms with Crippen LogP contribution in [0.5, 0.6) is 5.75 Å². The highest BCUT2D eigenvalue weighted by molar-refractivity contribution is 9.10. The van der Waals surface area contributed by atoms with Crippen molar-refractivity contribution >= 4 is 15.9 Å². The van der Waals surface area contributed by atoms with Crippen molar-refractivity contribution < 1.29 is 14.2 Å². The molecule has 2 rings (SSSR count). The van der Waals surface area contributed by atoms with Crippen molar-refractivity contribution in [2.75, 3.05) is 7.11 Å². The molecule has 2 aromatic carbocycles. The van der Waals surface area contributed by atoms with Crippen molar-refractivity contribution in [3.8, 4) is 5.75 Å². The second kappa shape index (κ2) is 6.17. The molecular formula is C15H14BrFO2. The number of hydrogen-bond acceptors (Lipinski definition) is 2. The molecule has 2 nitrogen and oxygen atoms in total. The van der Waals surface area contributed by atoms with Crippen molar-refractivity contribution in [2.24, 2.45) is 0 Å². The Morgan fingerprint density at radius 1 is 1.21 bits per heavy atom. The molecule has 0 saturated heterocycles. The molecule has 1 unspecified atom stereocenters. The van der Waals surface area contributed by atoms with Crippen molar-refractivity contribution in [1.82, 2.24) is 0 Å². The molecule has 0 spiro atoms. The molecule has 0 heterocycles. The van der Waals surface area contributed by atoms with Gasteiger partial charge in [0.25, 0.3) is 0 Å². The fraction of sp³-hybridized carbons (Fsp3) is 0.200. The molecule has 0 aliphatic carbocycles. The van der Waals surface area contributed by atoms with Gasteiger partial charge in [0, 0.05) is 16.5 Å². The Balaban J connectivity index is 2.19. The van der Waals surface area contributed by atoms with Crippen LogP contribution >= 0.6 is 15.9 Å². The molecular weight excluding hydrogens is 311 g/mol. The number of halogens is 2. The molecule has 0 radical (unpaired) electrons. The highest BCUT2D eigenvalue weighted by Gasteiger charge is 2.14. The minimum absolute atomic E-state index is 0.278. The van der Waals surface area contributed by atoms with Gasteiger partial charge in [-0.25, -0.2) is 4.39 Å². The Labute approximate surface area is 120 Å². The van der Waals surface area contributed by atoms with Crippen LogP contribution in [0, 0.1) is 5.82 Å². The maximum atomic E-state index is 12.8. The van der Waals surface area contributed by atoms with Crippen LogP contribution < -0.4 is 4.74 Å². The average molecular weight is 325 g/mol. The van der Waals surface area contributed by atoms with Crippen molar-refractivity contribution in [1.29, 1.82) is 0 Å². The largest absolute Gasteiger partial charge is 0.496 e. The maximum absolute atomic E-state index is 12.8. The van der Waals surface area contributed by atoms with Gasteiger partial charge in [-0.05, 0) is 29.8 Å². The molecule has 4 heteroatoms. The summed E-state index contributed by atoms with van der Waals surface area (Å²) in [5, 5.41) is 10.3. The lowest BCUT2D eigenvalue weighted by Crippen LogP contribution is -2.04. The molecule has 1 atom stereocenters. The maximum Gasteiger partial charge on any atom is 0.125 e. The Morgan fingerprint density at radius 2 is 1.89 bits per heavy atom. The molecule has 0 amide bonds. The highest BCUT2D eigenvalue weighted by atomic mass is 79.9. The van der Waals surface area contributed by atoms with Gasteiger partial charge in [0.15, 0.2) is 0 Å². The van der Waals surface area contributed by atoms with E-state index in [1.807, 2.05) is 18.2 Å². The van der Waals surface area contributed by atoms with Gasteiger partial charge in [-0.2, -0.15) is 0 Å². The number of aliphatic hydroxyl groups is 1. The number of ether oxygens (including phenoxy) is 1. The normalized spacial score (nSPS) is 12.2. The zero-order chi connectivity index (χ0) is 13.8. The highest BCUT2D eigenvalue weighted by Crippen LogP contribution is 2.30. The average Bonchev–Trinajstić information content (AvgIpc) is 2.41. The van der Waals surface area contributed by atoms with Crippen LogP contribution in [0.3, 0.4) is 0 Å². The van der Waals surface area contributed by atoms with Crippen LogP contribution in [0.4, 0.5) is 4.39 Å². The second-order valence-electron chi connectivity index (χ2n) is 4.23. The molecule has 1 N–H and O–H groups in total. The van der Waals surface area contributed by atoms with Crippen LogP contribution in [-0.2, 0) is 6.42 Å². The predicted molar refractivity (Wildman–Crippen MR) is 75.8 cm³/mol. The fourth-order valence-corrected chi connectivity index (χ4v) is 2.25. The molecule has 19 heavy (non-hydrogen) atoms. The van der Waals surface area contributed by atoms with Crippen LogP contribution in [0.15, 0.2) is 46.9 Å². The summed E-state index contributed by atoms with van der Waals surface area (Å²) in [7, 11) is 1.57. The first-order chi connectivity index (χ1) is 9.10. The van der Waals surface area contributed by atoms with Crippen LogP contribution in [0.1, 0.15) is 17.2 Å². The topological polar surface area (TPSA) is 29.5 Å². The molecule has 0 bridgehead atoms. The smallest absolute Gasteiger partial charge is 0.125 e. The van der Waals surface area contributed by atoms with E-state index >= 15 is 0 Å². The van der Waals surface area contributed by atoms with E-state index in [2.05, 4.69) is 15.9 Å². The summed E-state index contributed by atoms with van der Waals surface area (Å²) in [6, 6.07) is 11.6. The van der Waals surface area contributed by atoms with Crippen molar-refractivity contribution in [3.05, 3.63) is 63.9 Å². The Kier molecular flexibility index (Phi) is 4.56. The third-order valence-corrected chi connectivity index (χ3v) is 3.39. The molecule has 0 aliphatic rings. The molecule has 0 saturated carbocycles. The van der Waals surface area contributed by atoms with Gasteiger partial charge in [0.05, 0.1) is 13.2 Å². The zero-order valence-electron chi connectivity index (χ0n) is 10.4. The van der Waals surface area contributed by atoms with E-state index in [4.69, 9.17) is 4.74 Å². The lowest BCUT2D eigenvalue weighted by molar-refractivity contribution is 0.174. The summed E-state index contributed by atoms with van der Waals surface area (Å²) in [6.45, 7) is 0. The lowest BCUT2D eigenvalue weighted by atomic mass is 10.0. The molecule has 2 aromatic rings. The first-order valence-corrected chi connectivity index (χ1v) is 6.65. The molecule has 0 fully saturated rings. The number of rotatable bonds is 4. The second-order valence-corrected chi connectivity index (χ2v) is 5.15. The van der Waals surface area contributed by atoms with E-state index in [9.17, 15) is 9.50 Å². The van der Waals surface area contributed by atoms with Gasteiger partial charge in [0.2, 0.25) is 0 Å². The Morgan fingerprint density at radius 3 is 2.53 bits per heavy atom. The number of aliphatic hydroxyl groups excluding tert-OH is 1. The van der Waals surface area contributed by atoms with Gasteiger partial charge in [-0.15, -0.1) is 0 Å². The summed E-state index contributed by atoms with van der Waals surface area (Å²) in [4.78, 5) is 0. The van der Waals surface area contributed by atoms with E-state index in [-0.39, 0.29) is 5.82 Å². The third-order valence-electron chi connectivity index (χ3n) is 2.90. The predicted octanol–water partition coefficient (Wildman–Crippen LogP) is 3.87. The van der Waals surface area contributed by atoms with Gasteiger partial charge >= 0.3 is 0 Å². The van der Waals surface area contributed by atoms with E-state index in [1.165, 1.54) is 12.1 Å². The van der Waals surface area contributed by atoms with E-state index in [0.717, 1.165) is 15.6 Å². The van der Waals surface area contributed by atoms with Crippen LogP contribution in [0.2, 0.25) is 0 Å². The van der Waals surface area contributed by atoms with Crippen molar-refractivity contribution in [2.45, 2.75) is 12.5 Å². The summed E-state index contributed by atoms with van der Waals surface area (Å²) in [5.41, 5.74) is 1.59. The standard InChI is InChI=1S/C15H14BrFO2/c1-19-15-9-11(16)4-7-13(15)14(18)8-10-2-5-12(17)6-3-10/h2-7,9,14,18H,8H2,1H3. The molecule has 0 aromatic heterocycles. The van der Waals surface area contributed by atoms with E-state index < -0.39 is 6.10 Å². The number of methoxy groups -OCH3 is 1. The van der Waals surface area contributed by atoms with Crippen molar-refractivity contribution in [3.63, 3.8) is 0 Å². The van der Waals surface area contributed by atoms with Crippen LogP contribution in [0.25, 0.3) is 0 Å². The minimum Gasteiger partial charge on any atom is -0.496 e. The summed E-state index contributed by atoms with van der Waals surface area (Å²) >= 11 is 3.36. The van der Waals surface area contributed by atoms with Crippen LogP contribution in [-0.4, -0.2) is 12.2 Å². The fourth-order valence-electron chi connectivity index (χ4n) is 1.91. The van der Waals surface area contributed by atoms with E-state index in [0.29, 0.717) is 12.2 Å². The number of benzene rings is 2. The first kappa shape index (κ1) is 14.0. The summed E-state index contributed by atoms with van der Waals surface area (Å²) in [5.74, 6) is 0.350. The van der Waals surface area contributed by atoms with Gasteiger partial charge in [0.1, 0.15) is 11.6 Å². The quantitative estimate of drug-likeness (QED) is 0.925. The monoisotopic (exact) mass is 324 g/mol.